The molecule has 0 atom stereocenters. The molecule has 0 saturated carbocycles. The van der Waals surface area contributed by atoms with Crippen molar-refractivity contribution in [3.63, 3.8) is 0 Å². The summed E-state index contributed by atoms with van der Waals surface area (Å²) in [7, 11) is 3.87. The SMILES string of the molecule is CN1CCN(CC(=O)N(C)c2ccc(N/C(=C3\C(=O)Nc4cc(Cl)ccc43)c3cccc(CCC(=O)O)c3)cc2)CC1. The van der Waals surface area contributed by atoms with E-state index in [0.717, 1.165) is 48.7 Å². The largest absolute Gasteiger partial charge is 0.481 e. The van der Waals surface area contributed by atoms with E-state index in [0.29, 0.717) is 40.5 Å². The van der Waals surface area contributed by atoms with Crippen LogP contribution in [0.15, 0.2) is 66.7 Å². The zero-order valence-corrected chi connectivity index (χ0v) is 24.4. The Hall–Kier alpha value is -4.18. The summed E-state index contributed by atoms with van der Waals surface area (Å²) in [6.45, 7) is 4.02. The van der Waals surface area contributed by atoms with E-state index in [4.69, 9.17) is 16.7 Å². The quantitative estimate of drug-likeness (QED) is 0.317. The highest BCUT2D eigenvalue weighted by molar-refractivity contribution is 6.38. The highest BCUT2D eigenvalue weighted by atomic mass is 35.5. The lowest BCUT2D eigenvalue weighted by Crippen LogP contribution is -2.48. The van der Waals surface area contributed by atoms with Crippen LogP contribution in [0, 0.1) is 0 Å². The fourth-order valence-electron chi connectivity index (χ4n) is 5.17. The number of aliphatic carboxylic acids is 1. The van der Waals surface area contributed by atoms with Gasteiger partial charge in [-0.25, -0.2) is 0 Å². The maximum absolute atomic E-state index is 13.3. The fraction of sp³-hybridized carbons (Fsp3) is 0.281. The molecule has 0 radical (unpaired) electrons. The van der Waals surface area contributed by atoms with Gasteiger partial charge in [0.15, 0.2) is 0 Å². The second kappa shape index (κ2) is 12.8. The van der Waals surface area contributed by atoms with E-state index in [1.54, 1.807) is 24.1 Å². The molecular weight excluding hydrogens is 554 g/mol. The normalized spacial score (nSPS) is 16.5. The molecule has 10 heteroatoms. The molecule has 5 rings (SSSR count). The minimum atomic E-state index is -0.870. The lowest BCUT2D eigenvalue weighted by molar-refractivity contribution is -0.137. The maximum atomic E-state index is 13.3. The predicted molar refractivity (Wildman–Crippen MR) is 167 cm³/mol. The molecule has 2 aliphatic heterocycles. The summed E-state index contributed by atoms with van der Waals surface area (Å²) in [5.74, 6) is -1.11. The molecule has 0 spiro atoms. The number of fused-ring (bicyclic) bond motifs is 1. The number of anilines is 3. The third kappa shape index (κ3) is 6.82. The third-order valence-electron chi connectivity index (χ3n) is 7.67. The first kappa shape index (κ1) is 29.3. The first-order chi connectivity index (χ1) is 20.2. The zero-order chi connectivity index (χ0) is 29.8. The van der Waals surface area contributed by atoms with Gasteiger partial charge in [-0.15, -0.1) is 0 Å². The Morgan fingerprint density at radius 1 is 1.02 bits per heavy atom. The Bertz CT molecular complexity index is 1530. The number of hydrogen-bond donors (Lipinski definition) is 3. The van der Waals surface area contributed by atoms with Crippen LogP contribution in [0.1, 0.15) is 23.1 Å². The average molecular weight is 588 g/mol. The van der Waals surface area contributed by atoms with Gasteiger partial charge in [-0.1, -0.05) is 35.9 Å². The van der Waals surface area contributed by atoms with Crippen molar-refractivity contribution in [2.75, 3.05) is 62.4 Å². The first-order valence-electron chi connectivity index (χ1n) is 13.9. The minimum Gasteiger partial charge on any atom is -0.481 e. The molecule has 0 bridgehead atoms. The van der Waals surface area contributed by atoms with Gasteiger partial charge in [-0.3, -0.25) is 19.3 Å². The maximum Gasteiger partial charge on any atom is 0.303 e. The molecule has 0 aromatic heterocycles. The molecule has 9 nitrogen and oxygen atoms in total. The van der Waals surface area contributed by atoms with Crippen LogP contribution in [0.2, 0.25) is 5.02 Å². The molecule has 3 N–H and O–H groups in total. The Morgan fingerprint density at radius 3 is 2.48 bits per heavy atom. The number of carbonyl (C=O) groups is 3. The number of carboxylic acids is 1. The minimum absolute atomic E-state index is 0.00706. The number of nitrogens with one attached hydrogen (secondary N) is 2. The van der Waals surface area contributed by atoms with Crippen LogP contribution in [-0.4, -0.2) is 79.5 Å². The van der Waals surface area contributed by atoms with Gasteiger partial charge in [-0.05, 0) is 67.1 Å². The number of carbonyl (C=O) groups excluding carboxylic acids is 2. The Kier molecular flexibility index (Phi) is 8.91. The molecule has 0 aliphatic carbocycles. The van der Waals surface area contributed by atoms with Crippen LogP contribution in [0.25, 0.3) is 11.3 Å². The van der Waals surface area contributed by atoms with Gasteiger partial charge in [0.2, 0.25) is 5.91 Å². The molecule has 0 unspecified atom stereocenters. The molecule has 2 heterocycles. The van der Waals surface area contributed by atoms with Gasteiger partial charge in [0.05, 0.1) is 23.5 Å². The van der Waals surface area contributed by atoms with Crippen molar-refractivity contribution in [2.45, 2.75) is 12.8 Å². The van der Waals surface area contributed by atoms with E-state index in [1.165, 1.54) is 0 Å². The number of hydrogen-bond acceptors (Lipinski definition) is 6. The van der Waals surface area contributed by atoms with Crippen LogP contribution >= 0.6 is 11.6 Å². The van der Waals surface area contributed by atoms with Crippen LogP contribution in [-0.2, 0) is 20.8 Å². The van der Waals surface area contributed by atoms with E-state index in [1.807, 2.05) is 54.6 Å². The van der Waals surface area contributed by atoms with Gasteiger partial charge in [-0.2, -0.15) is 0 Å². The second-order valence-corrected chi connectivity index (χ2v) is 11.1. The van der Waals surface area contributed by atoms with Crippen molar-refractivity contribution in [1.82, 2.24) is 9.80 Å². The average Bonchev–Trinajstić information content (AvgIpc) is 3.30. The van der Waals surface area contributed by atoms with Gasteiger partial charge in [0.25, 0.3) is 5.91 Å². The van der Waals surface area contributed by atoms with Crippen LogP contribution in [0.5, 0.6) is 0 Å². The predicted octanol–water partition coefficient (Wildman–Crippen LogP) is 4.50. The fourth-order valence-corrected chi connectivity index (χ4v) is 5.34. The zero-order valence-electron chi connectivity index (χ0n) is 23.7. The number of amides is 2. The van der Waals surface area contributed by atoms with Gasteiger partial charge in [0.1, 0.15) is 0 Å². The van der Waals surface area contributed by atoms with E-state index in [2.05, 4.69) is 27.5 Å². The van der Waals surface area contributed by atoms with E-state index in [9.17, 15) is 14.4 Å². The molecule has 1 fully saturated rings. The Balaban J connectivity index is 1.42. The standard InChI is InChI=1S/C32H34ClN5O4/c1-36-14-16-38(17-15-36)20-28(39)37(2)25-10-8-24(9-11-25)34-31(22-5-3-4-21(18-22)6-13-29(40)41)30-26-12-7-23(33)19-27(26)35-32(30)42/h3-5,7-12,18-19,34H,6,13-17,20H2,1-2H3,(H,35,42)(H,40,41)/b31-30-. The van der Waals surface area contributed by atoms with Crippen LogP contribution in [0.3, 0.4) is 0 Å². The highest BCUT2D eigenvalue weighted by Crippen LogP contribution is 2.39. The number of carboxylic acid groups (broad SMARTS) is 1. The van der Waals surface area contributed by atoms with Crippen molar-refractivity contribution in [3.05, 3.63) is 88.4 Å². The first-order valence-corrected chi connectivity index (χ1v) is 14.3. The van der Waals surface area contributed by atoms with Crippen LogP contribution in [0.4, 0.5) is 17.1 Å². The Labute approximate surface area is 250 Å². The number of likely N-dealkylation sites (N-methyl/N-ethyl adjacent to an activating group) is 2. The molecule has 3 aromatic carbocycles. The molecule has 2 amide bonds. The summed E-state index contributed by atoms with van der Waals surface area (Å²) < 4.78 is 0. The number of halogens is 1. The summed E-state index contributed by atoms with van der Waals surface area (Å²) in [6.07, 6.45) is 0.375. The lowest BCUT2D eigenvalue weighted by Gasteiger charge is -2.32. The monoisotopic (exact) mass is 587 g/mol. The van der Waals surface area contributed by atoms with Gasteiger partial charge < -0.3 is 25.5 Å². The molecule has 3 aromatic rings. The number of benzene rings is 3. The van der Waals surface area contributed by atoms with Gasteiger partial charge >= 0.3 is 5.97 Å². The molecule has 1 saturated heterocycles. The molecule has 42 heavy (non-hydrogen) atoms. The summed E-state index contributed by atoms with van der Waals surface area (Å²) in [5, 5.41) is 16.0. The van der Waals surface area contributed by atoms with Crippen molar-refractivity contribution in [1.29, 1.82) is 0 Å². The third-order valence-corrected chi connectivity index (χ3v) is 7.91. The second-order valence-electron chi connectivity index (χ2n) is 10.7. The smallest absolute Gasteiger partial charge is 0.303 e. The molecule has 218 valence electrons. The van der Waals surface area contributed by atoms with Crippen molar-refractivity contribution in [3.8, 4) is 0 Å². The summed E-state index contributed by atoms with van der Waals surface area (Å²) in [4.78, 5) is 43.5. The summed E-state index contributed by atoms with van der Waals surface area (Å²) in [5.41, 5.74) is 5.47. The summed E-state index contributed by atoms with van der Waals surface area (Å²) >= 11 is 6.19. The lowest BCUT2D eigenvalue weighted by atomic mass is 9.97. The summed E-state index contributed by atoms with van der Waals surface area (Å²) in [6, 6.07) is 20.3. The van der Waals surface area contributed by atoms with Crippen molar-refractivity contribution < 1.29 is 19.5 Å². The van der Waals surface area contributed by atoms with Crippen LogP contribution < -0.4 is 15.5 Å². The number of nitrogens with zero attached hydrogens (tertiary/aromatic N) is 3. The van der Waals surface area contributed by atoms with Crippen molar-refractivity contribution in [2.24, 2.45) is 0 Å². The van der Waals surface area contributed by atoms with E-state index in [-0.39, 0.29) is 18.2 Å². The molecular formula is C32H34ClN5O4. The van der Waals surface area contributed by atoms with Gasteiger partial charge in [0, 0.05) is 61.6 Å². The van der Waals surface area contributed by atoms with Crippen molar-refractivity contribution >= 4 is 57.7 Å². The van der Waals surface area contributed by atoms with E-state index >= 15 is 0 Å². The van der Waals surface area contributed by atoms with E-state index < -0.39 is 5.97 Å². The number of aryl methyl sites for hydroxylation is 1. The highest BCUT2D eigenvalue weighted by Gasteiger charge is 2.29. The number of rotatable bonds is 9. The molecule has 2 aliphatic rings. The number of piperazine rings is 1. The topological polar surface area (TPSA) is 105 Å². The Morgan fingerprint density at radius 2 is 1.76 bits per heavy atom.